The highest BCUT2D eigenvalue weighted by molar-refractivity contribution is 8.25. The Kier molecular flexibility index (Phi) is 5.28. The minimum Gasteiger partial charge on any atom is -0.467 e. The molecule has 5 heterocycles. The number of rotatable bonds is 4. The van der Waals surface area contributed by atoms with E-state index >= 15 is 0 Å². The van der Waals surface area contributed by atoms with Gasteiger partial charge in [-0.2, -0.15) is 0 Å². The van der Waals surface area contributed by atoms with E-state index in [9.17, 15) is 19.7 Å². The van der Waals surface area contributed by atoms with Gasteiger partial charge in [-0.15, -0.1) is 11.8 Å². The third-order valence-electron chi connectivity index (χ3n) is 7.88. The Morgan fingerprint density at radius 3 is 2.79 bits per heavy atom. The zero-order chi connectivity index (χ0) is 26.2. The molecule has 1 aromatic heterocycles. The predicted molar refractivity (Wildman–Crippen MR) is 148 cm³/mol. The molecule has 12 heteroatoms. The van der Waals surface area contributed by atoms with Crippen LogP contribution in [0.25, 0.3) is 0 Å². The molecule has 9 nitrogen and oxygen atoms in total. The number of furan rings is 1. The first kappa shape index (κ1) is 23.9. The van der Waals surface area contributed by atoms with Crippen molar-refractivity contribution in [2.75, 3.05) is 17.6 Å². The second kappa shape index (κ2) is 8.40. The minimum absolute atomic E-state index is 0.0603. The summed E-state index contributed by atoms with van der Waals surface area (Å²) in [5.41, 5.74) is 0.623. The van der Waals surface area contributed by atoms with Crippen molar-refractivity contribution in [3.63, 3.8) is 0 Å². The molecule has 4 aliphatic rings. The van der Waals surface area contributed by atoms with Crippen LogP contribution in [0.1, 0.15) is 22.8 Å². The molecule has 0 aliphatic carbocycles. The number of thioether (sulfide) groups is 2. The first-order chi connectivity index (χ1) is 18.4. The van der Waals surface area contributed by atoms with Crippen LogP contribution in [0.3, 0.4) is 0 Å². The smallest absolute Gasteiger partial charge is 0.269 e. The fraction of sp³-hybridized carbons (Fsp3) is 0.269. The Balaban J connectivity index is 1.50. The number of hydrogen-bond donors (Lipinski definition) is 1. The number of para-hydroxylation sites is 1. The lowest BCUT2D eigenvalue weighted by atomic mass is 9.71. The molecular formula is C26H20N4O5S3. The monoisotopic (exact) mass is 564 g/mol. The summed E-state index contributed by atoms with van der Waals surface area (Å²) in [6, 6.07) is 17.4. The quantitative estimate of drug-likeness (QED) is 0.282. The molecular weight excluding hydrogens is 545 g/mol. The maximum Gasteiger partial charge on any atom is 0.269 e. The second-order valence-electron chi connectivity index (χ2n) is 9.57. The molecule has 4 atom stereocenters. The van der Waals surface area contributed by atoms with Gasteiger partial charge in [-0.3, -0.25) is 29.5 Å². The number of carbonyl (C=O) groups excluding carboxylic acids is 2. The van der Waals surface area contributed by atoms with Gasteiger partial charge in [0.2, 0.25) is 5.91 Å². The number of nitro groups is 1. The van der Waals surface area contributed by atoms with E-state index in [1.807, 2.05) is 30.3 Å². The van der Waals surface area contributed by atoms with Gasteiger partial charge in [0.25, 0.3) is 11.6 Å². The van der Waals surface area contributed by atoms with Crippen molar-refractivity contribution >= 4 is 63.3 Å². The second-order valence-corrected chi connectivity index (χ2v) is 12.7. The first-order valence-corrected chi connectivity index (χ1v) is 14.3. The van der Waals surface area contributed by atoms with Gasteiger partial charge in [-0.25, -0.2) is 0 Å². The molecule has 0 radical (unpaired) electrons. The standard InChI is InChI=1S/C26H20N4O5S3/c31-22-25(18-8-1-2-9-19(18)27-22)26(23(32)28(24(36)38-26)14-17-7-4-11-35-17)20(21-29(25)10-12-37-21)15-5-3-6-16(13-15)30(33)34/h1-9,11,13,20-21H,10,12,14H2,(H,27,31). The van der Waals surface area contributed by atoms with Gasteiger partial charge in [0, 0.05) is 41.6 Å². The van der Waals surface area contributed by atoms with Crippen LogP contribution in [0.2, 0.25) is 0 Å². The van der Waals surface area contributed by atoms with Crippen molar-refractivity contribution in [3.8, 4) is 0 Å². The van der Waals surface area contributed by atoms with Crippen molar-refractivity contribution in [1.82, 2.24) is 9.80 Å². The predicted octanol–water partition coefficient (Wildman–Crippen LogP) is 4.31. The summed E-state index contributed by atoms with van der Waals surface area (Å²) >= 11 is 8.72. The van der Waals surface area contributed by atoms with Gasteiger partial charge < -0.3 is 9.73 Å². The number of carbonyl (C=O) groups is 2. The van der Waals surface area contributed by atoms with Crippen LogP contribution in [0.15, 0.2) is 71.3 Å². The molecule has 192 valence electrons. The Hall–Kier alpha value is -3.19. The van der Waals surface area contributed by atoms with Crippen molar-refractivity contribution in [3.05, 3.63) is 93.9 Å². The molecule has 2 spiro atoms. The van der Waals surface area contributed by atoms with Crippen LogP contribution in [-0.4, -0.2) is 53.3 Å². The number of thiocarbonyl (C=S) groups is 1. The van der Waals surface area contributed by atoms with Gasteiger partial charge in [0.1, 0.15) is 14.8 Å². The molecule has 7 rings (SSSR count). The van der Waals surface area contributed by atoms with E-state index in [-0.39, 0.29) is 29.4 Å². The van der Waals surface area contributed by atoms with E-state index in [0.717, 1.165) is 11.3 Å². The van der Waals surface area contributed by atoms with Gasteiger partial charge in [0.15, 0.2) is 5.54 Å². The lowest BCUT2D eigenvalue weighted by molar-refractivity contribution is -0.384. The average Bonchev–Trinajstić information content (AvgIpc) is 3.71. The van der Waals surface area contributed by atoms with Crippen LogP contribution in [0.5, 0.6) is 0 Å². The highest BCUT2D eigenvalue weighted by Gasteiger charge is 2.81. The number of nitrogens with one attached hydrogen (secondary N) is 1. The Morgan fingerprint density at radius 1 is 1.16 bits per heavy atom. The Morgan fingerprint density at radius 2 is 2.00 bits per heavy atom. The average molecular weight is 565 g/mol. The van der Waals surface area contributed by atoms with Crippen LogP contribution in [0.4, 0.5) is 11.4 Å². The fourth-order valence-corrected chi connectivity index (χ4v) is 10.3. The Bertz CT molecular complexity index is 1530. The number of fused-ring (bicyclic) bond motifs is 5. The summed E-state index contributed by atoms with van der Waals surface area (Å²) in [5.74, 6) is 0.222. The number of nitrogens with zero attached hydrogens (tertiary/aromatic N) is 3. The lowest BCUT2D eigenvalue weighted by Gasteiger charge is -2.42. The van der Waals surface area contributed by atoms with E-state index in [4.69, 9.17) is 16.6 Å². The lowest BCUT2D eigenvalue weighted by Crippen LogP contribution is -2.62. The van der Waals surface area contributed by atoms with Gasteiger partial charge >= 0.3 is 0 Å². The summed E-state index contributed by atoms with van der Waals surface area (Å²) in [6.45, 7) is 0.723. The fourth-order valence-electron chi connectivity index (χ4n) is 6.53. The van der Waals surface area contributed by atoms with Crippen LogP contribution in [-0.2, 0) is 21.7 Å². The van der Waals surface area contributed by atoms with Crippen molar-refractivity contribution < 1.29 is 18.9 Å². The molecule has 4 unspecified atom stereocenters. The summed E-state index contributed by atoms with van der Waals surface area (Å²) < 4.78 is 4.50. The molecule has 3 saturated heterocycles. The van der Waals surface area contributed by atoms with Gasteiger partial charge in [-0.05, 0) is 23.8 Å². The highest BCUT2D eigenvalue weighted by Crippen LogP contribution is 2.70. The van der Waals surface area contributed by atoms with Crippen molar-refractivity contribution in [2.45, 2.75) is 28.1 Å². The number of anilines is 1. The van der Waals surface area contributed by atoms with E-state index in [1.165, 1.54) is 35.1 Å². The third kappa shape index (κ3) is 2.91. The molecule has 2 aromatic carbocycles. The van der Waals surface area contributed by atoms with E-state index in [0.29, 0.717) is 27.9 Å². The summed E-state index contributed by atoms with van der Waals surface area (Å²) in [5, 5.41) is 14.5. The van der Waals surface area contributed by atoms with Gasteiger partial charge in [-0.1, -0.05) is 54.3 Å². The summed E-state index contributed by atoms with van der Waals surface area (Å²) in [7, 11) is 0. The third-order valence-corrected chi connectivity index (χ3v) is 11.1. The molecule has 0 bridgehead atoms. The molecule has 38 heavy (non-hydrogen) atoms. The van der Waals surface area contributed by atoms with E-state index < -0.39 is 21.1 Å². The molecule has 3 fully saturated rings. The topological polar surface area (TPSA) is 109 Å². The minimum atomic E-state index is -1.39. The summed E-state index contributed by atoms with van der Waals surface area (Å²) in [6.07, 6.45) is 1.54. The maximum atomic E-state index is 14.8. The van der Waals surface area contributed by atoms with Crippen LogP contribution < -0.4 is 5.32 Å². The highest BCUT2D eigenvalue weighted by atomic mass is 32.2. The molecule has 2 amide bonds. The number of benzene rings is 2. The van der Waals surface area contributed by atoms with Gasteiger partial charge in [0.05, 0.1) is 23.1 Å². The molecule has 0 saturated carbocycles. The van der Waals surface area contributed by atoms with Crippen molar-refractivity contribution in [2.24, 2.45) is 0 Å². The zero-order valence-electron chi connectivity index (χ0n) is 19.7. The van der Waals surface area contributed by atoms with Crippen LogP contribution >= 0.6 is 35.7 Å². The van der Waals surface area contributed by atoms with Crippen LogP contribution in [0, 0.1) is 10.1 Å². The largest absolute Gasteiger partial charge is 0.467 e. The summed E-state index contributed by atoms with van der Waals surface area (Å²) in [4.78, 5) is 44.1. The number of nitro benzene ring substituents is 1. The molecule has 1 N–H and O–H groups in total. The maximum absolute atomic E-state index is 14.8. The number of non-ortho nitro benzene ring substituents is 1. The molecule has 3 aromatic rings. The SMILES string of the molecule is O=C1N(Cc2ccco2)C(=S)SC12C(c1cccc([N+](=O)[O-])c1)C1SCCN1C21C(=O)Nc2ccccc21. The number of hydrogen-bond acceptors (Lipinski definition) is 9. The normalized spacial score (nSPS) is 29.9. The van der Waals surface area contributed by atoms with Crippen molar-refractivity contribution in [1.29, 1.82) is 0 Å². The Labute approximate surface area is 231 Å². The van der Waals surface area contributed by atoms with E-state index in [1.54, 1.807) is 30.0 Å². The first-order valence-electron chi connectivity index (χ1n) is 12.0. The van der Waals surface area contributed by atoms with E-state index in [2.05, 4.69) is 10.2 Å². The number of amides is 2. The zero-order valence-corrected chi connectivity index (χ0v) is 22.2. The molecule has 4 aliphatic heterocycles.